The first-order chi connectivity index (χ1) is 20.7. The van der Waals surface area contributed by atoms with E-state index >= 15 is 0 Å². The summed E-state index contributed by atoms with van der Waals surface area (Å²) < 4.78 is 20.6. The highest BCUT2D eigenvalue weighted by molar-refractivity contribution is 6.76. The van der Waals surface area contributed by atoms with E-state index < -0.39 is 18.3 Å². The minimum atomic E-state index is -0.879. The maximum Gasteiger partial charge on any atom is 0.493 e. The number of rotatable bonds is 3. The molecule has 1 fully saturated rings. The van der Waals surface area contributed by atoms with Gasteiger partial charge in [0, 0.05) is 22.0 Å². The average molecular weight is 555 g/mol. The van der Waals surface area contributed by atoms with Gasteiger partial charge in [0.05, 0.1) is 22.2 Å². The Balaban J connectivity index is 1.48. The highest BCUT2D eigenvalue weighted by atomic mass is 16.7. The van der Waals surface area contributed by atoms with Crippen molar-refractivity contribution in [3.05, 3.63) is 48.5 Å². The fourth-order valence-corrected chi connectivity index (χ4v) is 6.00. The summed E-state index contributed by atoms with van der Waals surface area (Å²) in [6, 6.07) is 15.9. The summed E-state index contributed by atoms with van der Waals surface area (Å²) in [5.74, 6) is 0.0487. The van der Waals surface area contributed by atoms with E-state index in [4.69, 9.17) is 73.6 Å². The largest absolute Gasteiger partial charge is 0.493 e. The van der Waals surface area contributed by atoms with Gasteiger partial charge in [0.1, 0.15) is 66.0 Å². The molecule has 2 aromatic heterocycles. The number of benzene rings is 4. The van der Waals surface area contributed by atoms with Gasteiger partial charge in [-0.05, 0) is 45.3 Å². The third-order valence-corrected chi connectivity index (χ3v) is 9.13. The minimum absolute atomic E-state index is 0.0487. The zero-order valence-corrected chi connectivity index (χ0v) is 24.9. The maximum absolute atomic E-state index is 6.91. The average Bonchev–Trinajstić information content (AvgIpc) is 3.62. The Labute approximate surface area is 265 Å². The highest BCUT2D eigenvalue weighted by Crippen LogP contribution is 2.36. The quantitative estimate of drug-likeness (QED) is 0.249. The summed E-state index contributed by atoms with van der Waals surface area (Å²) in [6.45, 7) is 7.73. The van der Waals surface area contributed by atoms with Gasteiger partial charge in [-0.15, -0.1) is 10.9 Å². The van der Waals surface area contributed by atoms with Crippen LogP contribution < -0.4 is 43.7 Å². The zero-order chi connectivity index (χ0) is 31.5. The molecule has 7 rings (SSSR count). The van der Waals surface area contributed by atoms with E-state index in [1.54, 1.807) is 0 Å². The smallest absolute Gasteiger partial charge is 0.437 e. The number of aromatic nitrogens is 2. The molecule has 0 amide bonds. The van der Waals surface area contributed by atoms with Crippen molar-refractivity contribution in [1.82, 2.24) is 9.55 Å². The van der Waals surface area contributed by atoms with Gasteiger partial charge in [-0.2, -0.15) is 0 Å². The van der Waals surface area contributed by atoms with Crippen LogP contribution in [0, 0.1) is 0 Å². The third kappa shape index (κ3) is 3.94. The zero-order valence-electron chi connectivity index (χ0n) is 24.9. The number of hydrogen-bond donors (Lipinski definition) is 0. The molecule has 14 radical (unpaired) electrons. The minimum Gasteiger partial charge on any atom is -0.437 e. The van der Waals surface area contributed by atoms with Crippen LogP contribution in [0.25, 0.3) is 50.0 Å². The number of oxazole rings is 1. The lowest BCUT2D eigenvalue weighted by Crippen LogP contribution is -2.57. The predicted molar refractivity (Wildman–Crippen MR) is 187 cm³/mol. The molecule has 1 aliphatic rings. The lowest BCUT2D eigenvalue weighted by molar-refractivity contribution is 0.00578. The van der Waals surface area contributed by atoms with E-state index in [0.717, 1.165) is 21.8 Å². The molecular formula is C31H20B8N2O3. The molecule has 0 spiro atoms. The predicted octanol–water partition coefficient (Wildman–Crippen LogP) is -1.55. The van der Waals surface area contributed by atoms with Gasteiger partial charge in [0.2, 0.25) is 5.89 Å². The number of para-hydroxylation sites is 2. The normalized spacial score (nSPS) is 16.0. The Hall–Kier alpha value is -3.41. The van der Waals surface area contributed by atoms with Crippen molar-refractivity contribution in [1.29, 1.82) is 0 Å². The molecule has 0 aliphatic carbocycles. The summed E-state index contributed by atoms with van der Waals surface area (Å²) in [5, 5.41) is 2.04. The second-order valence-corrected chi connectivity index (χ2v) is 12.2. The second kappa shape index (κ2) is 9.79. The molecular weight excluding hydrogens is 535 g/mol. The van der Waals surface area contributed by atoms with Crippen LogP contribution in [-0.4, -0.2) is 82.8 Å². The molecule has 13 heteroatoms. The number of hydrogen-bond acceptors (Lipinski definition) is 4. The molecule has 1 saturated heterocycles. The Bertz CT molecular complexity index is 2120. The first kappa shape index (κ1) is 29.3. The van der Waals surface area contributed by atoms with Gasteiger partial charge in [0.15, 0.2) is 0 Å². The molecule has 4 aromatic carbocycles. The fraction of sp³-hybridized carbons (Fsp3) is 0.194. The summed E-state index contributed by atoms with van der Waals surface area (Å²) in [4.78, 5) is 4.72. The van der Waals surface area contributed by atoms with E-state index in [-0.39, 0.29) is 60.8 Å². The first-order valence-electron chi connectivity index (χ1n) is 14.1. The molecule has 5 nitrogen and oxygen atoms in total. The van der Waals surface area contributed by atoms with Crippen LogP contribution in [0.4, 0.5) is 0 Å². The molecule has 0 bridgehead atoms. The maximum atomic E-state index is 6.91. The Morgan fingerprint density at radius 3 is 1.75 bits per heavy atom. The molecule has 0 saturated carbocycles. The topological polar surface area (TPSA) is 49.4 Å². The van der Waals surface area contributed by atoms with Crippen LogP contribution >= 0.6 is 0 Å². The van der Waals surface area contributed by atoms with E-state index in [0.29, 0.717) is 11.2 Å². The van der Waals surface area contributed by atoms with Crippen LogP contribution in [-0.2, 0) is 9.31 Å². The van der Waals surface area contributed by atoms with Crippen molar-refractivity contribution in [2.45, 2.75) is 38.9 Å². The molecule has 6 aromatic rings. The summed E-state index contributed by atoms with van der Waals surface area (Å²) in [5.41, 5.74) is 3.14. The summed E-state index contributed by atoms with van der Waals surface area (Å²) in [7, 11) is 45.4. The number of nitrogens with zero attached hydrogens (tertiary/aromatic N) is 2. The van der Waals surface area contributed by atoms with Crippen LogP contribution in [0.3, 0.4) is 0 Å². The summed E-state index contributed by atoms with van der Waals surface area (Å²) in [6.07, 6.45) is 0. The molecule has 0 atom stereocenters. The van der Waals surface area contributed by atoms with Crippen molar-refractivity contribution in [3.63, 3.8) is 0 Å². The van der Waals surface area contributed by atoms with Crippen LogP contribution in [0.1, 0.15) is 27.7 Å². The Kier molecular flexibility index (Phi) is 6.52. The Morgan fingerprint density at radius 2 is 1.18 bits per heavy atom. The molecule has 0 unspecified atom stereocenters. The van der Waals surface area contributed by atoms with Crippen LogP contribution in [0.15, 0.2) is 52.9 Å². The van der Waals surface area contributed by atoms with E-state index in [1.165, 1.54) is 0 Å². The monoisotopic (exact) mass is 556 g/mol. The SMILES string of the molecule is [B]c1c([B])c(-c2nc3c([B])c(B4OC(C)(C)C(C)(C)O4)c([B])c([B])c3o2)c([B])c(-n2c3ccccc3c3ccccc32)c1[B]. The van der Waals surface area contributed by atoms with Crippen molar-refractivity contribution < 1.29 is 13.7 Å². The second-order valence-electron chi connectivity index (χ2n) is 12.2. The van der Waals surface area contributed by atoms with Crippen molar-refractivity contribution in [3.8, 4) is 17.1 Å². The van der Waals surface area contributed by atoms with Crippen molar-refractivity contribution in [2.75, 3.05) is 0 Å². The van der Waals surface area contributed by atoms with E-state index in [1.807, 2.05) is 80.8 Å². The highest BCUT2D eigenvalue weighted by Gasteiger charge is 2.52. The lowest BCUT2D eigenvalue weighted by atomic mass is 9.60. The van der Waals surface area contributed by atoms with Gasteiger partial charge in [-0.3, -0.25) is 0 Å². The Morgan fingerprint density at radius 1 is 0.636 bits per heavy atom. The van der Waals surface area contributed by atoms with Crippen LogP contribution in [0.2, 0.25) is 0 Å². The first-order valence-corrected chi connectivity index (χ1v) is 14.1. The van der Waals surface area contributed by atoms with E-state index in [9.17, 15) is 0 Å². The fourth-order valence-electron chi connectivity index (χ4n) is 6.00. The molecule has 1 aliphatic heterocycles. The van der Waals surface area contributed by atoms with E-state index in [2.05, 4.69) is 0 Å². The van der Waals surface area contributed by atoms with Gasteiger partial charge < -0.3 is 18.3 Å². The number of fused-ring (bicyclic) bond motifs is 4. The molecule has 44 heavy (non-hydrogen) atoms. The lowest BCUT2D eigenvalue weighted by Gasteiger charge is -2.32. The molecule has 0 N–H and O–H groups in total. The summed E-state index contributed by atoms with van der Waals surface area (Å²) >= 11 is 0. The van der Waals surface area contributed by atoms with Crippen molar-refractivity contribution in [2.24, 2.45) is 0 Å². The standard InChI is InChI=1S/C31H20B8N2O3/c1-30(2)31(3,4)44-39(43-30)25-21(35)23(37)28-26(24(25)38)40-29(42-28)17-18(32)20(34)22(36)27(19(17)33)41-15-11-7-5-9-13(15)14-10-6-8-12-16(14)41/h5-12H,1-4H3. The van der Waals surface area contributed by atoms with Gasteiger partial charge in [-0.25, -0.2) is 4.98 Å². The van der Waals surface area contributed by atoms with Gasteiger partial charge in [0.25, 0.3) is 0 Å². The molecule has 196 valence electrons. The van der Waals surface area contributed by atoms with Crippen molar-refractivity contribution >= 4 is 139 Å². The third-order valence-electron chi connectivity index (χ3n) is 9.13. The molecule has 3 heterocycles. The van der Waals surface area contributed by atoms with Gasteiger partial charge in [-0.1, -0.05) is 63.7 Å². The van der Waals surface area contributed by atoms with Gasteiger partial charge >= 0.3 is 7.12 Å². The van der Waals surface area contributed by atoms with Crippen LogP contribution in [0.5, 0.6) is 0 Å².